The summed E-state index contributed by atoms with van der Waals surface area (Å²) in [5.74, 6) is 0. The van der Waals surface area contributed by atoms with Crippen LogP contribution in [-0.2, 0) is 12.8 Å². The lowest BCUT2D eigenvalue weighted by atomic mass is 10.0. The van der Waals surface area contributed by atoms with Crippen molar-refractivity contribution in [1.82, 2.24) is 10.2 Å². The first-order valence-electron chi connectivity index (χ1n) is 6.17. The number of hydrogen-bond donors (Lipinski definition) is 0. The zero-order valence-corrected chi connectivity index (χ0v) is 10.3. The van der Waals surface area contributed by atoms with E-state index in [-0.39, 0.29) is 0 Å². The minimum atomic E-state index is 1.03. The molecule has 0 aliphatic heterocycles. The minimum Gasteiger partial charge on any atom is -0.159 e. The first-order chi connectivity index (χ1) is 8.34. The van der Waals surface area contributed by atoms with Gasteiger partial charge in [0.15, 0.2) is 0 Å². The van der Waals surface area contributed by atoms with Crippen molar-refractivity contribution in [1.29, 1.82) is 0 Å². The van der Waals surface area contributed by atoms with Crippen LogP contribution in [0.2, 0.25) is 0 Å². The predicted octanol–water partition coefficient (Wildman–Crippen LogP) is 3.35. The molecule has 0 N–H and O–H groups in total. The highest BCUT2D eigenvalue weighted by atomic mass is 15.1. The molecule has 2 rings (SSSR count). The highest BCUT2D eigenvalue weighted by Crippen LogP contribution is 2.08. The highest BCUT2D eigenvalue weighted by molar-refractivity contribution is 5.21. The van der Waals surface area contributed by atoms with Crippen molar-refractivity contribution in [2.24, 2.45) is 0 Å². The molecule has 2 nitrogen and oxygen atoms in total. The van der Waals surface area contributed by atoms with Crippen molar-refractivity contribution in [2.45, 2.75) is 32.6 Å². The van der Waals surface area contributed by atoms with Gasteiger partial charge in [-0.15, -0.1) is 0 Å². The Morgan fingerprint density at radius 1 is 0.941 bits per heavy atom. The smallest absolute Gasteiger partial charge is 0.0631 e. The van der Waals surface area contributed by atoms with Gasteiger partial charge in [-0.3, -0.25) is 0 Å². The molecule has 0 atom stereocenters. The third-order valence-corrected chi connectivity index (χ3v) is 2.90. The molecule has 17 heavy (non-hydrogen) atoms. The van der Waals surface area contributed by atoms with Crippen LogP contribution in [0.3, 0.4) is 0 Å². The van der Waals surface area contributed by atoms with Crippen LogP contribution in [0, 0.1) is 6.92 Å². The largest absolute Gasteiger partial charge is 0.159 e. The topological polar surface area (TPSA) is 25.8 Å². The summed E-state index contributed by atoms with van der Waals surface area (Å²) >= 11 is 0. The molecule has 0 saturated heterocycles. The Hall–Kier alpha value is -1.70. The molecule has 1 aromatic carbocycles. The Balaban J connectivity index is 1.71. The minimum absolute atomic E-state index is 1.03. The molecule has 0 aliphatic carbocycles. The van der Waals surface area contributed by atoms with Gasteiger partial charge in [-0.2, -0.15) is 10.2 Å². The Bertz CT molecular complexity index is 434. The zero-order chi connectivity index (χ0) is 11.9. The van der Waals surface area contributed by atoms with Crippen molar-refractivity contribution in [2.75, 3.05) is 0 Å². The fourth-order valence-corrected chi connectivity index (χ4v) is 1.86. The van der Waals surface area contributed by atoms with Gasteiger partial charge in [0.05, 0.1) is 5.69 Å². The van der Waals surface area contributed by atoms with E-state index in [1.807, 2.05) is 12.1 Å². The lowest BCUT2D eigenvalue weighted by Crippen LogP contribution is -1.93. The normalized spacial score (nSPS) is 10.4. The standard InChI is InChI=1S/C15H18N2/c1-13-8-10-14(11-9-13)5-2-3-6-15-7-4-12-16-17-15/h4,7-12H,2-3,5-6H2,1H3. The number of benzene rings is 1. The molecule has 88 valence electrons. The van der Waals surface area contributed by atoms with Crippen molar-refractivity contribution in [3.05, 3.63) is 59.4 Å². The average molecular weight is 226 g/mol. The Morgan fingerprint density at radius 2 is 1.71 bits per heavy atom. The Morgan fingerprint density at radius 3 is 2.41 bits per heavy atom. The summed E-state index contributed by atoms with van der Waals surface area (Å²) in [6.45, 7) is 2.12. The van der Waals surface area contributed by atoms with Crippen LogP contribution < -0.4 is 0 Å². The van der Waals surface area contributed by atoms with Crippen LogP contribution >= 0.6 is 0 Å². The number of aryl methyl sites for hydroxylation is 3. The SMILES string of the molecule is Cc1ccc(CCCCc2cccnn2)cc1. The number of hydrogen-bond acceptors (Lipinski definition) is 2. The van der Waals surface area contributed by atoms with E-state index in [9.17, 15) is 0 Å². The molecular formula is C15H18N2. The molecular weight excluding hydrogens is 208 g/mol. The third kappa shape index (κ3) is 3.99. The van der Waals surface area contributed by atoms with Crippen LogP contribution in [0.25, 0.3) is 0 Å². The van der Waals surface area contributed by atoms with Gasteiger partial charge in [-0.1, -0.05) is 29.8 Å². The fourth-order valence-electron chi connectivity index (χ4n) is 1.86. The highest BCUT2D eigenvalue weighted by Gasteiger charge is 1.96. The van der Waals surface area contributed by atoms with Gasteiger partial charge >= 0.3 is 0 Å². The molecule has 0 radical (unpaired) electrons. The molecule has 0 amide bonds. The van der Waals surface area contributed by atoms with Crippen molar-refractivity contribution >= 4 is 0 Å². The summed E-state index contributed by atoms with van der Waals surface area (Å²) in [5.41, 5.74) is 3.85. The maximum absolute atomic E-state index is 4.08. The van der Waals surface area contributed by atoms with E-state index in [2.05, 4.69) is 41.4 Å². The van der Waals surface area contributed by atoms with Gasteiger partial charge in [-0.05, 0) is 50.3 Å². The summed E-state index contributed by atoms with van der Waals surface area (Å²) in [6, 6.07) is 12.8. The zero-order valence-electron chi connectivity index (χ0n) is 10.3. The summed E-state index contributed by atoms with van der Waals surface area (Å²) < 4.78 is 0. The number of nitrogens with zero attached hydrogens (tertiary/aromatic N) is 2. The molecule has 1 aromatic heterocycles. The van der Waals surface area contributed by atoms with Crippen LogP contribution in [0.1, 0.15) is 29.7 Å². The van der Waals surface area contributed by atoms with E-state index in [1.165, 1.54) is 24.0 Å². The summed E-state index contributed by atoms with van der Waals surface area (Å²) in [6.07, 6.45) is 6.28. The fraction of sp³-hybridized carbons (Fsp3) is 0.333. The second-order valence-electron chi connectivity index (χ2n) is 4.41. The third-order valence-electron chi connectivity index (χ3n) is 2.90. The number of rotatable bonds is 5. The van der Waals surface area contributed by atoms with Crippen LogP contribution in [0.15, 0.2) is 42.6 Å². The number of unbranched alkanes of at least 4 members (excludes halogenated alkanes) is 1. The molecule has 0 fully saturated rings. The molecule has 1 heterocycles. The summed E-state index contributed by atoms with van der Waals surface area (Å²) in [5, 5.41) is 7.97. The molecule has 0 saturated carbocycles. The van der Waals surface area contributed by atoms with Gasteiger partial charge < -0.3 is 0 Å². The first-order valence-corrected chi connectivity index (χ1v) is 6.17. The van der Waals surface area contributed by atoms with E-state index < -0.39 is 0 Å². The lowest BCUT2D eigenvalue weighted by molar-refractivity contribution is 0.713. The monoisotopic (exact) mass is 226 g/mol. The maximum Gasteiger partial charge on any atom is 0.0631 e. The van der Waals surface area contributed by atoms with Crippen molar-refractivity contribution < 1.29 is 0 Å². The van der Waals surface area contributed by atoms with Gasteiger partial charge in [0.2, 0.25) is 0 Å². The van der Waals surface area contributed by atoms with Crippen molar-refractivity contribution in [3.8, 4) is 0 Å². The van der Waals surface area contributed by atoms with Gasteiger partial charge in [0.25, 0.3) is 0 Å². The molecule has 0 spiro atoms. The Labute approximate surface area is 103 Å². The van der Waals surface area contributed by atoms with E-state index in [0.717, 1.165) is 18.5 Å². The van der Waals surface area contributed by atoms with E-state index in [1.54, 1.807) is 6.20 Å². The molecule has 2 heteroatoms. The first kappa shape index (κ1) is 11.8. The maximum atomic E-state index is 4.08. The molecule has 0 bridgehead atoms. The van der Waals surface area contributed by atoms with Crippen LogP contribution in [-0.4, -0.2) is 10.2 Å². The second kappa shape index (κ2) is 6.14. The molecule has 0 unspecified atom stereocenters. The van der Waals surface area contributed by atoms with E-state index >= 15 is 0 Å². The van der Waals surface area contributed by atoms with E-state index in [0.29, 0.717) is 0 Å². The van der Waals surface area contributed by atoms with Gasteiger partial charge in [0.1, 0.15) is 0 Å². The van der Waals surface area contributed by atoms with Gasteiger partial charge in [0, 0.05) is 6.20 Å². The number of aromatic nitrogens is 2. The quantitative estimate of drug-likeness (QED) is 0.731. The summed E-state index contributed by atoms with van der Waals surface area (Å²) in [4.78, 5) is 0. The van der Waals surface area contributed by atoms with Crippen LogP contribution in [0.4, 0.5) is 0 Å². The Kier molecular flexibility index (Phi) is 4.25. The predicted molar refractivity (Wildman–Crippen MR) is 69.9 cm³/mol. The van der Waals surface area contributed by atoms with E-state index in [4.69, 9.17) is 0 Å². The lowest BCUT2D eigenvalue weighted by Gasteiger charge is -2.02. The van der Waals surface area contributed by atoms with Crippen molar-refractivity contribution in [3.63, 3.8) is 0 Å². The second-order valence-corrected chi connectivity index (χ2v) is 4.41. The molecule has 2 aromatic rings. The molecule has 0 aliphatic rings. The van der Waals surface area contributed by atoms with Gasteiger partial charge in [-0.25, -0.2) is 0 Å². The van der Waals surface area contributed by atoms with Crippen LogP contribution in [0.5, 0.6) is 0 Å². The average Bonchev–Trinajstić information content (AvgIpc) is 2.38. The summed E-state index contributed by atoms with van der Waals surface area (Å²) in [7, 11) is 0.